The van der Waals surface area contributed by atoms with Crippen LogP contribution in [0.25, 0.3) is 0 Å². The molecular formula is C15H30N2OS. The maximum atomic E-state index is 11.5. The maximum Gasteiger partial charge on any atom is 0.0329 e. The van der Waals surface area contributed by atoms with Gasteiger partial charge in [-0.05, 0) is 38.3 Å². The third-order valence-corrected chi connectivity index (χ3v) is 6.36. The quantitative estimate of drug-likeness (QED) is 0.772. The maximum absolute atomic E-state index is 11.5. The van der Waals surface area contributed by atoms with Gasteiger partial charge in [0.1, 0.15) is 0 Å². The minimum absolute atomic E-state index is 0.328. The van der Waals surface area contributed by atoms with Crippen molar-refractivity contribution in [2.75, 3.05) is 32.4 Å². The van der Waals surface area contributed by atoms with Crippen LogP contribution in [0.2, 0.25) is 0 Å². The Morgan fingerprint density at radius 2 is 2.00 bits per heavy atom. The molecule has 2 aliphatic rings. The molecule has 0 aromatic heterocycles. The molecule has 2 saturated heterocycles. The topological polar surface area (TPSA) is 23.6 Å². The van der Waals surface area contributed by atoms with Crippen LogP contribution in [0.4, 0.5) is 0 Å². The molecule has 2 heterocycles. The normalized spacial score (nSPS) is 32.5. The van der Waals surface area contributed by atoms with E-state index < -0.39 is 10.8 Å². The average molecular weight is 286 g/mol. The molecule has 0 radical (unpaired) electrons. The molecule has 0 aromatic rings. The summed E-state index contributed by atoms with van der Waals surface area (Å²) in [6.45, 7) is 11.7. The summed E-state index contributed by atoms with van der Waals surface area (Å²) in [5.74, 6) is 0.712. The van der Waals surface area contributed by atoms with Gasteiger partial charge in [-0.3, -0.25) is 14.0 Å². The summed E-state index contributed by atoms with van der Waals surface area (Å²) in [6, 6.07) is 1.48. The molecule has 0 aromatic carbocycles. The molecule has 2 aliphatic heterocycles. The zero-order valence-electron chi connectivity index (χ0n) is 13.0. The van der Waals surface area contributed by atoms with Crippen LogP contribution in [0.15, 0.2) is 0 Å². The zero-order chi connectivity index (χ0) is 14.0. The number of fused-ring (bicyclic) bond motifs is 1. The highest BCUT2D eigenvalue weighted by atomic mass is 32.2. The Labute approximate surface area is 121 Å². The Kier molecular flexibility index (Phi) is 5.44. The molecule has 0 N–H and O–H groups in total. The van der Waals surface area contributed by atoms with Gasteiger partial charge in [-0.1, -0.05) is 20.8 Å². The minimum Gasteiger partial charge on any atom is -0.298 e. The van der Waals surface area contributed by atoms with Gasteiger partial charge < -0.3 is 0 Å². The van der Waals surface area contributed by atoms with Gasteiger partial charge in [-0.2, -0.15) is 0 Å². The highest BCUT2D eigenvalue weighted by Crippen LogP contribution is 2.27. The molecule has 0 saturated carbocycles. The molecule has 0 spiro atoms. The predicted molar refractivity (Wildman–Crippen MR) is 82.9 cm³/mol. The Morgan fingerprint density at radius 3 is 2.63 bits per heavy atom. The molecule has 0 bridgehead atoms. The van der Waals surface area contributed by atoms with E-state index in [1.165, 1.54) is 32.5 Å². The molecule has 112 valence electrons. The summed E-state index contributed by atoms with van der Waals surface area (Å²) in [7, 11) is -0.679. The fourth-order valence-electron chi connectivity index (χ4n) is 3.51. The third kappa shape index (κ3) is 3.79. The fourth-order valence-corrected chi connectivity index (χ4v) is 3.94. The average Bonchev–Trinajstić information content (AvgIpc) is 2.81. The van der Waals surface area contributed by atoms with Crippen LogP contribution in [-0.4, -0.2) is 63.8 Å². The molecule has 4 unspecified atom stereocenters. The lowest BCUT2D eigenvalue weighted by Gasteiger charge is -2.45. The van der Waals surface area contributed by atoms with Crippen LogP contribution >= 0.6 is 0 Å². The molecule has 0 amide bonds. The second-order valence-corrected chi connectivity index (χ2v) is 8.50. The number of nitrogens with zero attached hydrogens (tertiary/aromatic N) is 2. The second-order valence-electron chi connectivity index (χ2n) is 6.70. The first kappa shape index (κ1) is 15.5. The standard InChI is InChI=1S/C15H30N2OS/c1-12(2)15-11-16-8-5-6-14(16)10-17(15)9-7-13(3)19(4)18/h12-15H,5-11H2,1-4H3. The van der Waals surface area contributed by atoms with Gasteiger partial charge >= 0.3 is 0 Å². The third-order valence-electron chi connectivity index (χ3n) is 4.99. The van der Waals surface area contributed by atoms with Crippen LogP contribution < -0.4 is 0 Å². The molecule has 0 aliphatic carbocycles. The van der Waals surface area contributed by atoms with Crippen LogP contribution in [0.1, 0.15) is 40.0 Å². The van der Waals surface area contributed by atoms with Crippen molar-refractivity contribution in [1.29, 1.82) is 0 Å². The van der Waals surface area contributed by atoms with Crippen LogP contribution in [0, 0.1) is 5.92 Å². The van der Waals surface area contributed by atoms with Gasteiger partial charge in [0.2, 0.25) is 0 Å². The Bertz CT molecular complexity index is 321. The molecule has 4 atom stereocenters. The second kappa shape index (κ2) is 6.68. The van der Waals surface area contributed by atoms with E-state index in [2.05, 4.69) is 30.6 Å². The van der Waals surface area contributed by atoms with Crippen molar-refractivity contribution in [3.63, 3.8) is 0 Å². The zero-order valence-corrected chi connectivity index (χ0v) is 13.8. The van der Waals surface area contributed by atoms with Gasteiger partial charge in [-0.15, -0.1) is 0 Å². The summed E-state index contributed by atoms with van der Waals surface area (Å²) in [6.07, 6.45) is 5.65. The molecule has 4 heteroatoms. The van der Waals surface area contributed by atoms with Crippen molar-refractivity contribution < 1.29 is 4.21 Å². The van der Waals surface area contributed by atoms with Gasteiger partial charge in [-0.25, -0.2) is 0 Å². The number of hydrogen-bond donors (Lipinski definition) is 0. The van der Waals surface area contributed by atoms with Gasteiger partial charge in [0.15, 0.2) is 0 Å². The Morgan fingerprint density at radius 1 is 1.26 bits per heavy atom. The van der Waals surface area contributed by atoms with E-state index in [9.17, 15) is 4.21 Å². The van der Waals surface area contributed by atoms with E-state index >= 15 is 0 Å². The van der Waals surface area contributed by atoms with Crippen molar-refractivity contribution in [3.05, 3.63) is 0 Å². The largest absolute Gasteiger partial charge is 0.298 e. The highest BCUT2D eigenvalue weighted by molar-refractivity contribution is 7.84. The smallest absolute Gasteiger partial charge is 0.0329 e. The number of hydrogen-bond acceptors (Lipinski definition) is 3. The van der Waals surface area contributed by atoms with Gasteiger partial charge in [0.05, 0.1) is 0 Å². The lowest BCUT2D eigenvalue weighted by molar-refractivity contribution is 0.0288. The first-order chi connectivity index (χ1) is 8.99. The van der Waals surface area contributed by atoms with Gasteiger partial charge in [0.25, 0.3) is 0 Å². The SMILES string of the molecule is CC(C)C1CN2CCCC2CN1CCC(C)S(C)=O. The van der Waals surface area contributed by atoms with Gasteiger partial charge in [0, 0.05) is 47.5 Å². The summed E-state index contributed by atoms with van der Waals surface area (Å²) >= 11 is 0. The Balaban J connectivity index is 1.93. The van der Waals surface area contributed by atoms with Crippen LogP contribution in [-0.2, 0) is 10.8 Å². The summed E-state index contributed by atoms with van der Waals surface area (Å²) in [4.78, 5) is 5.38. The number of rotatable bonds is 5. The first-order valence-corrected chi connectivity index (χ1v) is 9.41. The van der Waals surface area contributed by atoms with Crippen molar-refractivity contribution in [2.45, 2.75) is 57.4 Å². The predicted octanol–water partition coefficient (Wildman–Crippen LogP) is 1.95. The molecule has 19 heavy (non-hydrogen) atoms. The minimum atomic E-state index is -0.679. The Hall–Kier alpha value is 0.0700. The fraction of sp³-hybridized carbons (Fsp3) is 1.00. The molecule has 3 nitrogen and oxygen atoms in total. The molecule has 2 rings (SSSR count). The van der Waals surface area contributed by atoms with Crippen molar-refractivity contribution in [2.24, 2.45) is 5.92 Å². The van der Waals surface area contributed by atoms with E-state index in [-0.39, 0.29) is 0 Å². The molecule has 2 fully saturated rings. The van der Waals surface area contributed by atoms with E-state index in [1.807, 2.05) is 6.26 Å². The molecular weight excluding hydrogens is 256 g/mol. The number of piperazine rings is 1. The summed E-state index contributed by atoms with van der Waals surface area (Å²) in [5, 5.41) is 0.328. The summed E-state index contributed by atoms with van der Waals surface area (Å²) in [5.41, 5.74) is 0. The lowest BCUT2D eigenvalue weighted by Crippen LogP contribution is -2.58. The van der Waals surface area contributed by atoms with E-state index in [1.54, 1.807) is 0 Å². The van der Waals surface area contributed by atoms with E-state index in [0.717, 1.165) is 19.0 Å². The first-order valence-electron chi connectivity index (χ1n) is 7.79. The lowest BCUT2D eigenvalue weighted by atomic mass is 9.97. The van der Waals surface area contributed by atoms with Crippen molar-refractivity contribution in [1.82, 2.24) is 9.80 Å². The summed E-state index contributed by atoms with van der Waals surface area (Å²) < 4.78 is 11.5. The van der Waals surface area contributed by atoms with E-state index in [0.29, 0.717) is 17.2 Å². The van der Waals surface area contributed by atoms with Crippen LogP contribution in [0.3, 0.4) is 0 Å². The van der Waals surface area contributed by atoms with Crippen molar-refractivity contribution in [3.8, 4) is 0 Å². The highest BCUT2D eigenvalue weighted by Gasteiger charge is 2.37. The van der Waals surface area contributed by atoms with E-state index in [4.69, 9.17) is 0 Å². The van der Waals surface area contributed by atoms with Crippen molar-refractivity contribution >= 4 is 10.8 Å². The van der Waals surface area contributed by atoms with Crippen LogP contribution in [0.5, 0.6) is 0 Å². The monoisotopic (exact) mass is 286 g/mol.